The standard InChI is InChI=1S/C23H31N5O3/c1-2-3-9-31-23-25-21(24)20-13-19(29)16-28(22(20)26-23)15-18-6-4-5-17(12-18)14-27-7-10-30-11-8-27/h4-6,12H,2-3,7-11,13-16H2,1H3,(H2,24,25,26). The first-order valence-electron chi connectivity index (χ1n) is 11.1. The molecule has 4 rings (SSSR count). The van der Waals surface area contributed by atoms with Crippen molar-refractivity contribution in [2.24, 2.45) is 0 Å². The Morgan fingerprint density at radius 1 is 1.16 bits per heavy atom. The number of carbonyl (C=O) groups excluding carboxylic acids is 1. The molecule has 0 bridgehead atoms. The van der Waals surface area contributed by atoms with Gasteiger partial charge in [-0.3, -0.25) is 9.69 Å². The highest BCUT2D eigenvalue weighted by molar-refractivity contribution is 5.91. The molecule has 0 amide bonds. The number of unbranched alkanes of at least 4 members (excludes halogenated alkanes) is 1. The molecule has 0 aliphatic carbocycles. The van der Waals surface area contributed by atoms with Crippen LogP contribution in [0.5, 0.6) is 6.01 Å². The van der Waals surface area contributed by atoms with Gasteiger partial charge in [0.1, 0.15) is 11.6 Å². The fraction of sp³-hybridized carbons (Fsp3) is 0.522. The van der Waals surface area contributed by atoms with Crippen LogP contribution in [0.4, 0.5) is 11.6 Å². The van der Waals surface area contributed by atoms with E-state index < -0.39 is 0 Å². The second kappa shape index (κ2) is 10.1. The van der Waals surface area contributed by atoms with E-state index in [1.54, 1.807) is 0 Å². The predicted molar refractivity (Wildman–Crippen MR) is 119 cm³/mol. The maximum Gasteiger partial charge on any atom is 0.320 e. The molecule has 31 heavy (non-hydrogen) atoms. The highest BCUT2D eigenvalue weighted by atomic mass is 16.5. The van der Waals surface area contributed by atoms with Gasteiger partial charge in [-0.2, -0.15) is 9.97 Å². The van der Waals surface area contributed by atoms with E-state index in [2.05, 4.69) is 46.1 Å². The third-order valence-corrected chi connectivity index (χ3v) is 5.64. The predicted octanol–water partition coefficient (Wildman–Crippen LogP) is 2.20. The number of carbonyl (C=O) groups is 1. The molecule has 1 aromatic heterocycles. The normalized spacial score (nSPS) is 16.9. The minimum absolute atomic E-state index is 0.118. The van der Waals surface area contributed by atoms with Crippen molar-refractivity contribution in [3.05, 3.63) is 41.0 Å². The van der Waals surface area contributed by atoms with Crippen LogP contribution in [0.1, 0.15) is 36.5 Å². The first kappa shape index (κ1) is 21.5. The Bertz CT molecular complexity index is 914. The van der Waals surface area contributed by atoms with Crippen molar-refractivity contribution in [2.75, 3.05) is 50.1 Å². The zero-order chi connectivity index (χ0) is 21.6. The number of anilines is 2. The first-order chi connectivity index (χ1) is 15.1. The first-order valence-corrected chi connectivity index (χ1v) is 11.1. The lowest BCUT2D eigenvalue weighted by atomic mass is 10.0. The highest BCUT2D eigenvalue weighted by Gasteiger charge is 2.27. The summed E-state index contributed by atoms with van der Waals surface area (Å²) >= 11 is 0. The van der Waals surface area contributed by atoms with Crippen LogP contribution in [-0.2, 0) is 29.0 Å². The molecular formula is C23H31N5O3. The minimum atomic E-state index is 0.118. The molecule has 0 unspecified atom stereocenters. The summed E-state index contributed by atoms with van der Waals surface area (Å²) in [6, 6.07) is 8.80. The number of nitrogens with zero attached hydrogens (tertiary/aromatic N) is 4. The number of morpholine rings is 1. The summed E-state index contributed by atoms with van der Waals surface area (Å²) in [5.41, 5.74) is 9.26. The maximum atomic E-state index is 12.4. The SMILES string of the molecule is CCCCOc1nc(N)c2c(n1)N(Cc1cccc(CN3CCOCC3)c1)CC(=O)C2. The molecule has 1 saturated heterocycles. The van der Waals surface area contributed by atoms with Gasteiger partial charge < -0.3 is 20.1 Å². The average Bonchev–Trinajstić information content (AvgIpc) is 2.76. The summed E-state index contributed by atoms with van der Waals surface area (Å²) in [6.07, 6.45) is 2.23. The van der Waals surface area contributed by atoms with E-state index in [4.69, 9.17) is 15.2 Å². The van der Waals surface area contributed by atoms with Gasteiger partial charge in [0, 0.05) is 38.2 Å². The largest absolute Gasteiger partial charge is 0.463 e. The van der Waals surface area contributed by atoms with Crippen molar-refractivity contribution in [3.63, 3.8) is 0 Å². The number of ketones is 1. The topological polar surface area (TPSA) is 93.8 Å². The Balaban J connectivity index is 1.52. The van der Waals surface area contributed by atoms with Crippen LogP contribution >= 0.6 is 0 Å². The van der Waals surface area contributed by atoms with Gasteiger partial charge in [0.05, 0.1) is 26.4 Å². The second-order valence-corrected chi connectivity index (χ2v) is 8.18. The Kier molecular flexibility index (Phi) is 6.99. The fourth-order valence-corrected chi connectivity index (χ4v) is 4.01. The summed E-state index contributed by atoms with van der Waals surface area (Å²) in [6.45, 7) is 7.93. The zero-order valence-corrected chi connectivity index (χ0v) is 18.2. The molecular weight excluding hydrogens is 394 g/mol. The molecule has 166 valence electrons. The Hall–Kier alpha value is -2.71. The Morgan fingerprint density at radius 2 is 1.94 bits per heavy atom. The minimum Gasteiger partial charge on any atom is -0.463 e. The second-order valence-electron chi connectivity index (χ2n) is 8.18. The van der Waals surface area contributed by atoms with E-state index in [-0.39, 0.29) is 18.2 Å². The van der Waals surface area contributed by atoms with Crippen molar-refractivity contribution in [1.29, 1.82) is 0 Å². The van der Waals surface area contributed by atoms with Gasteiger partial charge in [-0.05, 0) is 17.5 Å². The highest BCUT2D eigenvalue weighted by Crippen LogP contribution is 2.30. The molecule has 2 aliphatic rings. The van der Waals surface area contributed by atoms with Gasteiger partial charge in [0.25, 0.3) is 0 Å². The molecule has 3 heterocycles. The molecule has 2 aliphatic heterocycles. The number of nitrogens with two attached hydrogens (primary N) is 1. The number of ether oxygens (including phenoxy) is 2. The molecule has 1 aromatic carbocycles. The lowest BCUT2D eigenvalue weighted by Gasteiger charge is -2.30. The number of rotatable bonds is 8. The van der Waals surface area contributed by atoms with Crippen LogP contribution in [0.15, 0.2) is 24.3 Å². The van der Waals surface area contributed by atoms with Crippen LogP contribution in [0.2, 0.25) is 0 Å². The number of nitrogen functional groups attached to an aromatic ring is 1. The van der Waals surface area contributed by atoms with E-state index in [1.165, 1.54) is 5.56 Å². The molecule has 8 nitrogen and oxygen atoms in total. The molecule has 2 N–H and O–H groups in total. The van der Waals surface area contributed by atoms with E-state index in [0.717, 1.165) is 51.3 Å². The smallest absolute Gasteiger partial charge is 0.320 e. The zero-order valence-electron chi connectivity index (χ0n) is 18.2. The molecule has 0 atom stereocenters. The number of aromatic nitrogens is 2. The van der Waals surface area contributed by atoms with E-state index in [9.17, 15) is 4.79 Å². The Labute approximate surface area is 183 Å². The van der Waals surface area contributed by atoms with E-state index >= 15 is 0 Å². The summed E-state index contributed by atoms with van der Waals surface area (Å²) in [5.74, 6) is 1.15. The van der Waals surface area contributed by atoms with Gasteiger partial charge >= 0.3 is 6.01 Å². The van der Waals surface area contributed by atoms with Gasteiger partial charge in [-0.25, -0.2) is 0 Å². The van der Waals surface area contributed by atoms with E-state index in [1.807, 2.05) is 4.90 Å². The van der Waals surface area contributed by atoms with Crippen LogP contribution in [0.25, 0.3) is 0 Å². The quantitative estimate of drug-likeness (QED) is 0.644. The third-order valence-electron chi connectivity index (χ3n) is 5.64. The number of hydrogen-bond acceptors (Lipinski definition) is 8. The number of hydrogen-bond donors (Lipinski definition) is 1. The Morgan fingerprint density at radius 3 is 2.71 bits per heavy atom. The molecule has 2 aromatic rings. The van der Waals surface area contributed by atoms with Gasteiger partial charge in [0.2, 0.25) is 0 Å². The van der Waals surface area contributed by atoms with E-state index in [0.29, 0.717) is 36.9 Å². The average molecular weight is 426 g/mol. The summed E-state index contributed by atoms with van der Waals surface area (Å²) in [7, 11) is 0. The lowest BCUT2D eigenvalue weighted by Crippen LogP contribution is -2.37. The van der Waals surface area contributed by atoms with Gasteiger partial charge in [0.15, 0.2) is 5.78 Å². The number of fused-ring (bicyclic) bond motifs is 1. The molecule has 8 heteroatoms. The van der Waals surface area contributed by atoms with Gasteiger partial charge in [-0.15, -0.1) is 0 Å². The third kappa shape index (κ3) is 5.51. The maximum absolute atomic E-state index is 12.4. The van der Waals surface area contributed by atoms with Crippen LogP contribution < -0.4 is 15.4 Å². The monoisotopic (exact) mass is 425 g/mol. The van der Waals surface area contributed by atoms with Crippen molar-refractivity contribution < 1.29 is 14.3 Å². The number of Topliss-reactive ketones (excluding diaryl/α,β-unsaturated/α-hetero) is 1. The summed E-state index contributed by atoms with van der Waals surface area (Å²) in [4.78, 5) is 25.7. The van der Waals surface area contributed by atoms with Crippen LogP contribution in [0, 0.1) is 0 Å². The van der Waals surface area contributed by atoms with Crippen molar-refractivity contribution >= 4 is 17.4 Å². The molecule has 0 spiro atoms. The van der Waals surface area contributed by atoms with Crippen molar-refractivity contribution in [2.45, 2.75) is 39.3 Å². The summed E-state index contributed by atoms with van der Waals surface area (Å²) < 4.78 is 11.1. The summed E-state index contributed by atoms with van der Waals surface area (Å²) in [5, 5.41) is 0. The molecule has 0 saturated carbocycles. The van der Waals surface area contributed by atoms with Crippen molar-refractivity contribution in [1.82, 2.24) is 14.9 Å². The van der Waals surface area contributed by atoms with Gasteiger partial charge in [-0.1, -0.05) is 37.6 Å². The lowest BCUT2D eigenvalue weighted by molar-refractivity contribution is -0.117. The molecule has 1 fully saturated rings. The fourth-order valence-electron chi connectivity index (χ4n) is 4.01. The number of benzene rings is 1. The van der Waals surface area contributed by atoms with Crippen molar-refractivity contribution in [3.8, 4) is 6.01 Å². The van der Waals surface area contributed by atoms with Crippen LogP contribution in [0.3, 0.4) is 0 Å². The molecule has 0 radical (unpaired) electrons. The van der Waals surface area contributed by atoms with Crippen LogP contribution in [-0.4, -0.2) is 60.1 Å².